The van der Waals surface area contributed by atoms with E-state index >= 15 is 0 Å². The number of ether oxygens (including phenoxy) is 1. The number of Topliss-reactive ketones (excluding diaryl/α,β-unsaturated/α-hetero) is 1. The van der Waals surface area contributed by atoms with Gasteiger partial charge < -0.3 is 4.74 Å². The molecule has 9 heteroatoms. The Morgan fingerprint density at radius 3 is 2.52 bits per heavy atom. The normalized spacial score (nSPS) is 20.9. The Balaban J connectivity index is 2.66. The fraction of sp³-hybridized carbons (Fsp3) is 0.500. The molecule has 1 aromatic rings. The van der Waals surface area contributed by atoms with Crippen LogP contribution in [0.1, 0.15) is 37.7 Å². The Hall–Kier alpha value is -2.84. The summed E-state index contributed by atoms with van der Waals surface area (Å²) in [5, 5.41) is 22.6. The molecule has 0 radical (unpaired) electrons. The number of rotatable bonds is 7. The molecule has 2 rings (SSSR count). The van der Waals surface area contributed by atoms with Crippen molar-refractivity contribution in [2.24, 2.45) is 5.41 Å². The number of para-hydroxylation sites is 1. The molecule has 25 heavy (non-hydrogen) atoms. The molecule has 1 fully saturated rings. The molecular formula is C16H18N2O7. The number of carbonyl (C=O) groups excluding carboxylic acids is 2. The van der Waals surface area contributed by atoms with Crippen molar-refractivity contribution in [3.8, 4) is 0 Å². The minimum Gasteiger partial charge on any atom is -0.465 e. The van der Waals surface area contributed by atoms with E-state index in [1.54, 1.807) is 6.92 Å². The van der Waals surface area contributed by atoms with Gasteiger partial charge >= 0.3 is 5.97 Å². The number of hydrogen-bond acceptors (Lipinski definition) is 7. The topological polar surface area (TPSA) is 130 Å². The highest BCUT2D eigenvalue weighted by Crippen LogP contribution is 2.49. The largest absolute Gasteiger partial charge is 0.465 e. The zero-order valence-electron chi connectivity index (χ0n) is 13.7. The van der Waals surface area contributed by atoms with Crippen LogP contribution in [-0.4, -0.2) is 34.8 Å². The molecule has 9 nitrogen and oxygen atoms in total. The van der Waals surface area contributed by atoms with Crippen LogP contribution in [0.25, 0.3) is 0 Å². The fourth-order valence-corrected chi connectivity index (χ4v) is 3.49. The second-order valence-electron chi connectivity index (χ2n) is 5.85. The summed E-state index contributed by atoms with van der Waals surface area (Å²) in [4.78, 5) is 46.5. The molecule has 0 spiro atoms. The lowest BCUT2D eigenvalue weighted by molar-refractivity contribution is -0.486. The first-order chi connectivity index (χ1) is 11.8. The first-order valence-electron chi connectivity index (χ1n) is 7.90. The van der Waals surface area contributed by atoms with Crippen LogP contribution in [0.2, 0.25) is 0 Å². The minimum atomic E-state index is -1.75. The highest BCUT2D eigenvalue weighted by atomic mass is 16.6. The first kappa shape index (κ1) is 18.5. The van der Waals surface area contributed by atoms with Gasteiger partial charge in [-0.05, 0) is 19.8 Å². The lowest BCUT2D eigenvalue weighted by Gasteiger charge is -2.31. The number of nitro benzene ring substituents is 1. The second-order valence-corrected chi connectivity index (χ2v) is 5.85. The van der Waals surface area contributed by atoms with E-state index in [9.17, 15) is 29.8 Å². The molecule has 134 valence electrons. The third-order valence-electron chi connectivity index (χ3n) is 4.55. The van der Waals surface area contributed by atoms with Gasteiger partial charge in [0.05, 0.1) is 17.4 Å². The van der Waals surface area contributed by atoms with Crippen LogP contribution in [0.4, 0.5) is 5.69 Å². The number of ketones is 1. The molecule has 0 aliphatic heterocycles. The molecule has 0 N–H and O–H groups in total. The Morgan fingerprint density at radius 1 is 1.32 bits per heavy atom. The van der Waals surface area contributed by atoms with Crippen molar-refractivity contribution in [1.29, 1.82) is 0 Å². The van der Waals surface area contributed by atoms with Crippen molar-refractivity contribution in [3.05, 3.63) is 50.1 Å². The van der Waals surface area contributed by atoms with Crippen molar-refractivity contribution >= 4 is 17.4 Å². The average molecular weight is 350 g/mol. The fourth-order valence-electron chi connectivity index (χ4n) is 3.49. The van der Waals surface area contributed by atoms with Gasteiger partial charge in [-0.25, -0.2) is 0 Å². The Kier molecular flexibility index (Phi) is 5.45. The predicted molar refractivity (Wildman–Crippen MR) is 85.6 cm³/mol. The van der Waals surface area contributed by atoms with E-state index in [0.29, 0.717) is 6.42 Å². The van der Waals surface area contributed by atoms with E-state index < -0.39 is 39.5 Å². The van der Waals surface area contributed by atoms with Crippen LogP contribution in [0.5, 0.6) is 0 Å². The summed E-state index contributed by atoms with van der Waals surface area (Å²) >= 11 is 0. The molecule has 0 aromatic heterocycles. The number of benzene rings is 1. The lowest BCUT2D eigenvalue weighted by atomic mass is 9.69. The summed E-state index contributed by atoms with van der Waals surface area (Å²) in [5.41, 5.74) is -2.10. The van der Waals surface area contributed by atoms with Gasteiger partial charge in [0.15, 0.2) is 5.78 Å². The van der Waals surface area contributed by atoms with E-state index in [1.807, 2.05) is 0 Å². The lowest BCUT2D eigenvalue weighted by Crippen LogP contribution is -2.45. The molecule has 1 aliphatic rings. The number of esters is 1. The monoisotopic (exact) mass is 350 g/mol. The molecule has 1 aromatic carbocycles. The van der Waals surface area contributed by atoms with Gasteiger partial charge in [0, 0.05) is 23.0 Å². The van der Waals surface area contributed by atoms with Crippen LogP contribution >= 0.6 is 0 Å². The number of nitrogens with zero attached hydrogens (tertiary/aromatic N) is 2. The molecule has 0 amide bonds. The molecule has 0 saturated heterocycles. The van der Waals surface area contributed by atoms with E-state index in [-0.39, 0.29) is 30.7 Å². The van der Waals surface area contributed by atoms with Crippen LogP contribution in [0, 0.1) is 25.6 Å². The van der Waals surface area contributed by atoms with Gasteiger partial charge in [-0.2, -0.15) is 0 Å². The zero-order valence-corrected chi connectivity index (χ0v) is 13.7. The van der Waals surface area contributed by atoms with Gasteiger partial charge in [-0.3, -0.25) is 29.8 Å². The summed E-state index contributed by atoms with van der Waals surface area (Å²) in [6, 6.07) is 5.49. The van der Waals surface area contributed by atoms with Gasteiger partial charge in [0.1, 0.15) is 5.41 Å². The zero-order chi connectivity index (χ0) is 18.6. The van der Waals surface area contributed by atoms with Crippen LogP contribution < -0.4 is 0 Å². The maximum absolute atomic E-state index is 12.6. The minimum absolute atomic E-state index is 0.00695. The van der Waals surface area contributed by atoms with Crippen molar-refractivity contribution in [2.75, 3.05) is 13.2 Å². The Bertz CT molecular complexity index is 718. The third-order valence-corrected chi connectivity index (χ3v) is 4.55. The van der Waals surface area contributed by atoms with Crippen molar-refractivity contribution in [1.82, 2.24) is 0 Å². The molecule has 0 unspecified atom stereocenters. The molecule has 1 saturated carbocycles. The maximum atomic E-state index is 12.6. The summed E-state index contributed by atoms with van der Waals surface area (Å²) < 4.78 is 5.03. The van der Waals surface area contributed by atoms with Gasteiger partial charge in [-0.1, -0.05) is 18.2 Å². The maximum Gasteiger partial charge on any atom is 0.320 e. The predicted octanol–water partition coefficient (Wildman–Crippen LogP) is 2.26. The van der Waals surface area contributed by atoms with Crippen LogP contribution in [0.15, 0.2) is 24.3 Å². The van der Waals surface area contributed by atoms with E-state index in [4.69, 9.17) is 4.74 Å². The second kappa shape index (κ2) is 7.37. The van der Waals surface area contributed by atoms with E-state index in [0.717, 1.165) is 0 Å². The van der Waals surface area contributed by atoms with Crippen molar-refractivity contribution < 1.29 is 24.2 Å². The summed E-state index contributed by atoms with van der Waals surface area (Å²) in [6.45, 7) is 0.809. The smallest absolute Gasteiger partial charge is 0.320 e. The summed E-state index contributed by atoms with van der Waals surface area (Å²) in [6.07, 6.45) is 0.551. The number of carbonyl (C=O) groups is 2. The number of nitro groups is 2. The molecule has 2 atom stereocenters. The van der Waals surface area contributed by atoms with Crippen molar-refractivity contribution in [3.63, 3.8) is 0 Å². The SMILES string of the molecule is CCOC(=O)[C@]1([C@@H](C[N+](=O)[O-])c2ccccc2[N+](=O)[O-])CCCC1=O. The van der Waals surface area contributed by atoms with E-state index in [1.165, 1.54) is 24.3 Å². The Morgan fingerprint density at radius 2 is 2.00 bits per heavy atom. The first-order valence-corrected chi connectivity index (χ1v) is 7.90. The third kappa shape index (κ3) is 3.35. The number of hydrogen-bond donors (Lipinski definition) is 0. The highest BCUT2D eigenvalue weighted by molar-refractivity contribution is 6.06. The molecular weight excluding hydrogens is 332 g/mol. The summed E-state index contributed by atoms with van der Waals surface area (Å²) in [7, 11) is 0. The molecule has 1 aliphatic carbocycles. The van der Waals surface area contributed by atoms with Gasteiger partial charge in [0.2, 0.25) is 6.54 Å². The van der Waals surface area contributed by atoms with Crippen LogP contribution in [0.3, 0.4) is 0 Å². The summed E-state index contributed by atoms with van der Waals surface area (Å²) in [5.74, 6) is -2.56. The van der Waals surface area contributed by atoms with E-state index in [2.05, 4.69) is 0 Å². The highest BCUT2D eigenvalue weighted by Gasteiger charge is 2.58. The Labute approximate surface area is 143 Å². The standard InChI is InChI=1S/C16H18N2O7/c1-2-25-15(20)16(9-5-8-14(16)19)12(10-17(21)22)11-6-3-4-7-13(11)18(23)24/h3-4,6-7,12H,2,5,8-10H2,1H3/t12-,16-/m0/s1. The average Bonchev–Trinajstić information content (AvgIpc) is 2.95. The molecule has 0 bridgehead atoms. The quantitative estimate of drug-likeness (QED) is 0.319. The van der Waals surface area contributed by atoms with Gasteiger partial charge in [0.25, 0.3) is 5.69 Å². The van der Waals surface area contributed by atoms with Crippen LogP contribution in [-0.2, 0) is 14.3 Å². The molecule has 0 heterocycles. The van der Waals surface area contributed by atoms with Crippen molar-refractivity contribution in [2.45, 2.75) is 32.1 Å². The van der Waals surface area contributed by atoms with Gasteiger partial charge in [-0.15, -0.1) is 0 Å².